The summed E-state index contributed by atoms with van der Waals surface area (Å²) in [5.74, 6) is -1.53. The Morgan fingerprint density at radius 3 is 2.35 bits per heavy atom. The largest absolute Gasteiger partial charge is 0.323 e. The fraction of sp³-hybridized carbons (Fsp3) is 0.111. The molecule has 1 heterocycles. The van der Waals surface area contributed by atoms with Gasteiger partial charge in [0.05, 0.1) is 16.4 Å². The summed E-state index contributed by atoms with van der Waals surface area (Å²) in [6.45, 7) is 1.95. The van der Waals surface area contributed by atoms with Crippen LogP contribution < -0.4 is 10.6 Å². The maximum Gasteiger partial charge on any atom is 0.323 e. The van der Waals surface area contributed by atoms with Crippen molar-refractivity contribution in [3.63, 3.8) is 0 Å². The summed E-state index contributed by atoms with van der Waals surface area (Å²) in [5.41, 5.74) is 3.34. The van der Waals surface area contributed by atoms with Gasteiger partial charge in [-0.2, -0.15) is 5.10 Å². The Bertz CT molecular complexity index is 948. The van der Waals surface area contributed by atoms with Crippen molar-refractivity contribution >= 4 is 33.3 Å². The molecule has 0 unspecified atom stereocenters. The fourth-order valence-electron chi connectivity index (χ4n) is 2.59. The number of amides is 2. The third-order valence-electron chi connectivity index (χ3n) is 3.77. The number of nitrogens with one attached hydrogen (secondary N) is 2. The summed E-state index contributed by atoms with van der Waals surface area (Å²) in [6.07, 6.45) is 1.69. The zero-order chi connectivity index (χ0) is 18.8. The number of carbonyl (C=O) groups is 1. The van der Waals surface area contributed by atoms with Gasteiger partial charge in [0, 0.05) is 30.1 Å². The average Bonchev–Trinajstić information content (AvgIpc) is 2.87. The van der Waals surface area contributed by atoms with Crippen LogP contribution in [0.2, 0.25) is 0 Å². The minimum absolute atomic E-state index is 0.0294. The van der Waals surface area contributed by atoms with Crippen LogP contribution in [0.25, 0.3) is 11.3 Å². The van der Waals surface area contributed by atoms with Gasteiger partial charge >= 0.3 is 6.03 Å². The number of halogens is 3. The van der Waals surface area contributed by atoms with Crippen molar-refractivity contribution in [2.24, 2.45) is 7.05 Å². The van der Waals surface area contributed by atoms with Gasteiger partial charge in [-0.3, -0.25) is 4.68 Å². The van der Waals surface area contributed by atoms with E-state index in [2.05, 4.69) is 31.7 Å². The van der Waals surface area contributed by atoms with Crippen molar-refractivity contribution in [3.8, 4) is 11.3 Å². The lowest BCUT2D eigenvalue weighted by Gasteiger charge is -2.12. The lowest BCUT2D eigenvalue weighted by atomic mass is 10.0. The van der Waals surface area contributed by atoms with E-state index in [0.717, 1.165) is 39.5 Å². The van der Waals surface area contributed by atoms with Crippen molar-refractivity contribution in [1.82, 2.24) is 9.78 Å². The molecule has 5 nitrogen and oxygen atoms in total. The first kappa shape index (κ1) is 18.1. The van der Waals surface area contributed by atoms with Crippen molar-refractivity contribution in [3.05, 3.63) is 64.3 Å². The van der Waals surface area contributed by atoms with Gasteiger partial charge in [0.15, 0.2) is 0 Å². The van der Waals surface area contributed by atoms with Crippen molar-refractivity contribution in [1.29, 1.82) is 0 Å². The first-order valence-corrected chi connectivity index (χ1v) is 8.45. The molecule has 0 aliphatic heterocycles. The highest BCUT2D eigenvalue weighted by molar-refractivity contribution is 9.10. The molecule has 3 aromatic rings. The molecule has 134 valence electrons. The Morgan fingerprint density at radius 1 is 1.08 bits per heavy atom. The van der Waals surface area contributed by atoms with Gasteiger partial charge in [-0.05, 0) is 52.7 Å². The van der Waals surface area contributed by atoms with E-state index in [-0.39, 0.29) is 5.69 Å². The standard InChI is InChI=1S/C18H15BrF2N4O/c1-10-3-4-13(8-15(10)17-16(19)9-22-25(17)2)23-18(26)24-14-6-11(20)5-12(21)7-14/h3-9H,1-2H3,(H2,23,24,26). The summed E-state index contributed by atoms with van der Waals surface area (Å²) >= 11 is 3.47. The van der Waals surface area contributed by atoms with Crippen molar-refractivity contribution in [2.75, 3.05) is 10.6 Å². The molecule has 8 heteroatoms. The van der Waals surface area contributed by atoms with E-state index in [0.29, 0.717) is 5.69 Å². The monoisotopic (exact) mass is 420 g/mol. The van der Waals surface area contributed by atoms with Crippen molar-refractivity contribution < 1.29 is 13.6 Å². The quantitative estimate of drug-likeness (QED) is 0.620. The molecule has 0 aliphatic rings. The molecular formula is C18H15BrF2N4O. The maximum absolute atomic E-state index is 13.2. The Labute approximate surface area is 157 Å². The number of aryl methyl sites for hydroxylation is 2. The number of rotatable bonds is 3. The second-order valence-corrected chi connectivity index (χ2v) is 6.59. The number of nitrogens with zero attached hydrogens (tertiary/aromatic N) is 2. The summed E-state index contributed by atoms with van der Waals surface area (Å²) < 4.78 is 29.0. The first-order chi connectivity index (χ1) is 12.3. The smallest absolute Gasteiger partial charge is 0.308 e. The zero-order valence-electron chi connectivity index (χ0n) is 14.0. The van der Waals surface area contributed by atoms with Crippen molar-refractivity contribution in [2.45, 2.75) is 6.92 Å². The Morgan fingerprint density at radius 2 is 1.73 bits per heavy atom. The van der Waals surface area contributed by atoms with Crippen LogP contribution in [0.3, 0.4) is 0 Å². The third kappa shape index (κ3) is 3.91. The van der Waals surface area contributed by atoms with Gasteiger partial charge in [0.2, 0.25) is 0 Å². The van der Waals surface area contributed by atoms with Crippen LogP contribution in [0.5, 0.6) is 0 Å². The van der Waals surface area contributed by atoms with E-state index in [1.54, 1.807) is 16.9 Å². The molecule has 0 bridgehead atoms. The SMILES string of the molecule is Cc1ccc(NC(=O)Nc2cc(F)cc(F)c2)cc1-c1c(Br)cnn1C. The van der Waals surface area contributed by atoms with Crippen LogP contribution in [0.4, 0.5) is 25.0 Å². The van der Waals surface area contributed by atoms with E-state index < -0.39 is 17.7 Å². The van der Waals surface area contributed by atoms with E-state index in [9.17, 15) is 13.6 Å². The number of carbonyl (C=O) groups excluding carboxylic acids is 1. The van der Waals surface area contributed by atoms with Crippen LogP contribution in [0.1, 0.15) is 5.56 Å². The molecule has 0 saturated carbocycles. The van der Waals surface area contributed by atoms with Crippen LogP contribution >= 0.6 is 15.9 Å². The Kier molecular flexibility index (Phi) is 5.03. The topological polar surface area (TPSA) is 59.0 Å². The highest BCUT2D eigenvalue weighted by atomic mass is 79.9. The second kappa shape index (κ2) is 7.25. The maximum atomic E-state index is 13.2. The molecule has 3 rings (SSSR count). The summed E-state index contributed by atoms with van der Waals surface area (Å²) in [7, 11) is 1.82. The van der Waals surface area contributed by atoms with E-state index in [1.165, 1.54) is 0 Å². The fourth-order valence-corrected chi connectivity index (χ4v) is 3.15. The number of urea groups is 1. The number of aromatic nitrogens is 2. The molecule has 2 aromatic carbocycles. The van der Waals surface area contributed by atoms with Crippen LogP contribution in [0, 0.1) is 18.6 Å². The normalized spacial score (nSPS) is 10.7. The number of hydrogen-bond donors (Lipinski definition) is 2. The van der Waals surface area contributed by atoms with Gasteiger partial charge in [-0.25, -0.2) is 13.6 Å². The highest BCUT2D eigenvalue weighted by Gasteiger charge is 2.13. The number of anilines is 2. The van der Waals surface area contributed by atoms with E-state index >= 15 is 0 Å². The van der Waals surface area contributed by atoms with Gasteiger partial charge in [-0.15, -0.1) is 0 Å². The zero-order valence-corrected chi connectivity index (χ0v) is 15.6. The van der Waals surface area contributed by atoms with Gasteiger partial charge in [0.25, 0.3) is 0 Å². The molecule has 0 spiro atoms. The van der Waals surface area contributed by atoms with Crippen LogP contribution in [0.15, 0.2) is 47.1 Å². The Balaban J connectivity index is 1.82. The summed E-state index contributed by atoms with van der Waals surface area (Å²) in [6, 6.07) is 7.63. The summed E-state index contributed by atoms with van der Waals surface area (Å²) in [4.78, 5) is 12.1. The minimum Gasteiger partial charge on any atom is -0.308 e. The van der Waals surface area contributed by atoms with Crippen LogP contribution in [-0.4, -0.2) is 15.8 Å². The molecule has 2 amide bonds. The molecule has 1 aromatic heterocycles. The molecule has 0 saturated heterocycles. The first-order valence-electron chi connectivity index (χ1n) is 7.66. The lowest BCUT2D eigenvalue weighted by Crippen LogP contribution is -2.19. The highest BCUT2D eigenvalue weighted by Crippen LogP contribution is 2.32. The molecule has 26 heavy (non-hydrogen) atoms. The second-order valence-electron chi connectivity index (χ2n) is 5.73. The molecule has 0 radical (unpaired) electrons. The summed E-state index contributed by atoms with van der Waals surface area (Å²) in [5, 5.41) is 9.26. The number of hydrogen-bond acceptors (Lipinski definition) is 2. The van der Waals surface area contributed by atoms with Gasteiger partial charge in [-0.1, -0.05) is 6.07 Å². The van der Waals surface area contributed by atoms with E-state index in [1.807, 2.05) is 26.1 Å². The van der Waals surface area contributed by atoms with Crippen LogP contribution in [-0.2, 0) is 7.05 Å². The molecule has 0 atom stereocenters. The number of benzene rings is 2. The third-order valence-corrected chi connectivity index (χ3v) is 4.35. The predicted octanol–water partition coefficient (Wildman–Crippen LogP) is 5.08. The van der Waals surface area contributed by atoms with E-state index in [4.69, 9.17) is 0 Å². The van der Waals surface area contributed by atoms with Gasteiger partial charge < -0.3 is 10.6 Å². The average molecular weight is 421 g/mol. The Hall–Kier alpha value is -2.74. The molecule has 2 N–H and O–H groups in total. The molecular weight excluding hydrogens is 406 g/mol. The molecule has 0 aliphatic carbocycles. The molecule has 0 fully saturated rings. The van der Waals surface area contributed by atoms with Gasteiger partial charge in [0.1, 0.15) is 11.6 Å². The lowest BCUT2D eigenvalue weighted by molar-refractivity contribution is 0.262. The minimum atomic E-state index is -0.765. The predicted molar refractivity (Wildman–Crippen MR) is 100 cm³/mol.